The van der Waals surface area contributed by atoms with E-state index in [4.69, 9.17) is 0 Å². The molecule has 2 rings (SSSR count). The summed E-state index contributed by atoms with van der Waals surface area (Å²) in [6, 6.07) is 0.503. The van der Waals surface area contributed by atoms with Crippen molar-refractivity contribution < 1.29 is 0 Å². The van der Waals surface area contributed by atoms with Crippen LogP contribution in [0, 0.1) is 11.8 Å². The van der Waals surface area contributed by atoms with E-state index in [1.165, 1.54) is 31.4 Å². The van der Waals surface area contributed by atoms with Gasteiger partial charge < -0.3 is 5.32 Å². The van der Waals surface area contributed by atoms with Gasteiger partial charge >= 0.3 is 0 Å². The Morgan fingerprint density at radius 2 is 2.33 bits per heavy atom. The lowest BCUT2D eigenvalue weighted by Crippen LogP contribution is -2.27. The number of nitrogens with one attached hydrogen (secondary N) is 1. The molecule has 1 aliphatic carbocycles. The Morgan fingerprint density at radius 1 is 1.50 bits per heavy atom. The number of hydrogen-bond donors (Lipinski definition) is 1. The van der Waals surface area contributed by atoms with E-state index in [-0.39, 0.29) is 0 Å². The highest BCUT2D eigenvalue weighted by molar-refractivity contribution is 5.17. The first kappa shape index (κ1) is 8.06. The van der Waals surface area contributed by atoms with Gasteiger partial charge in [-0.15, -0.1) is 6.58 Å². The first-order valence-corrected chi connectivity index (χ1v) is 4.86. The van der Waals surface area contributed by atoms with Gasteiger partial charge in [0.05, 0.1) is 0 Å². The van der Waals surface area contributed by atoms with Gasteiger partial charge in [0.1, 0.15) is 0 Å². The van der Waals surface area contributed by atoms with Crippen molar-refractivity contribution in [2.24, 2.45) is 11.8 Å². The lowest BCUT2D eigenvalue weighted by atomic mass is 9.75. The Kier molecular flexibility index (Phi) is 2.05. The van der Waals surface area contributed by atoms with E-state index in [1.807, 2.05) is 6.08 Å². The summed E-state index contributed by atoms with van der Waals surface area (Å²) in [5.41, 5.74) is 1.45. The molecule has 3 atom stereocenters. The highest BCUT2D eigenvalue weighted by atomic mass is 15.0. The molecule has 0 radical (unpaired) electrons. The van der Waals surface area contributed by atoms with E-state index >= 15 is 0 Å². The second kappa shape index (κ2) is 3.06. The maximum atomic E-state index is 4.17. The van der Waals surface area contributed by atoms with Gasteiger partial charge in [-0.05, 0) is 31.7 Å². The molecule has 0 aromatic heterocycles. The first-order chi connectivity index (χ1) is 5.83. The number of hydrogen-bond acceptors (Lipinski definition) is 1. The van der Waals surface area contributed by atoms with Gasteiger partial charge in [0.2, 0.25) is 0 Å². The monoisotopic (exact) mass is 163 g/mol. The molecule has 2 aliphatic rings. The topological polar surface area (TPSA) is 12.0 Å². The lowest BCUT2D eigenvalue weighted by Gasteiger charge is -2.29. The Morgan fingerprint density at radius 3 is 3.08 bits per heavy atom. The van der Waals surface area contributed by atoms with Crippen LogP contribution in [0.1, 0.15) is 19.3 Å². The molecule has 1 saturated carbocycles. The molecule has 3 unspecified atom stereocenters. The zero-order valence-corrected chi connectivity index (χ0v) is 7.55. The molecular formula is C11H17N. The molecule has 1 aliphatic heterocycles. The molecule has 1 heterocycles. The van der Waals surface area contributed by atoms with Gasteiger partial charge in [-0.2, -0.15) is 0 Å². The molecule has 1 saturated heterocycles. The first-order valence-electron chi connectivity index (χ1n) is 4.86. The predicted molar refractivity (Wildman–Crippen MR) is 52.0 cm³/mol. The van der Waals surface area contributed by atoms with Crippen LogP contribution in [0.15, 0.2) is 24.8 Å². The Labute approximate surface area is 74.5 Å². The van der Waals surface area contributed by atoms with Crippen molar-refractivity contribution in [2.45, 2.75) is 25.3 Å². The van der Waals surface area contributed by atoms with Crippen LogP contribution in [0.5, 0.6) is 0 Å². The average Bonchev–Trinajstić information content (AvgIpc) is 2.49. The highest BCUT2D eigenvalue weighted by Gasteiger charge is 2.37. The third-order valence-electron chi connectivity index (χ3n) is 3.31. The van der Waals surface area contributed by atoms with Gasteiger partial charge in [-0.1, -0.05) is 18.2 Å². The summed E-state index contributed by atoms with van der Waals surface area (Å²) in [7, 11) is 0. The minimum absolute atomic E-state index is 0.503. The molecule has 0 spiro atoms. The Balaban J connectivity index is 2.16. The summed E-state index contributed by atoms with van der Waals surface area (Å²) < 4.78 is 0. The van der Waals surface area contributed by atoms with E-state index in [2.05, 4.69) is 18.5 Å². The smallest absolute Gasteiger partial charge is 0.0316 e. The van der Waals surface area contributed by atoms with Crippen LogP contribution in [0.3, 0.4) is 0 Å². The molecule has 0 amide bonds. The summed E-state index contributed by atoms with van der Waals surface area (Å²) in [5, 5.41) is 3.50. The van der Waals surface area contributed by atoms with Gasteiger partial charge in [0, 0.05) is 12.0 Å². The summed E-state index contributed by atoms with van der Waals surface area (Å²) in [6.07, 6.45) is 5.99. The average molecular weight is 163 g/mol. The zero-order chi connectivity index (χ0) is 8.55. The summed E-state index contributed by atoms with van der Waals surface area (Å²) in [4.78, 5) is 0. The van der Waals surface area contributed by atoms with Crippen molar-refractivity contribution in [3.63, 3.8) is 0 Å². The number of rotatable bonds is 1. The van der Waals surface area contributed by atoms with E-state index < -0.39 is 0 Å². The molecular weight excluding hydrogens is 146 g/mol. The van der Waals surface area contributed by atoms with Crippen LogP contribution in [0.4, 0.5) is 0 Å². The SMILES string of the molecule is C=CC1NCC2CCCC(=C)C21. The van der Waals surface area contributed by atoms with Crippen LogP contribution < -0.4 is 5.32 Å². The van der Waals surface area contributed by atoms with Gasteiger partial charge in [-0.3, -0.25) is 0 Å². The normalized spacial score (nSPS) is 41.0. The highest BCUT2D eigenvalue weighted by Crippen LogP contribution is 2.39. The standard InChI is InChI=1S/C11H17N/c1-3-10-11-8(2)5-4-6-9(11)7-12-10/h3,9-12H,1-2,4-7H2. The van der Waals surface area contributed by atoms with Crippen molar-refractivity contribution in [3.8, 4) is 0 Å². The molecule has 66 valence electrons. The number of fused-ring (bicyclic) bond motifs is 1. The molecule has 0 aromatic carbocycles. The van der Waals surface area contributed by atoms with Gasteiger partial charge in [0.25, 0.3) is 0 Å². The van der Waals surface area contributed by atoms with Crippen LogP contribution in [0.2, 0.25) is 0 Å². The molecule has 1 heteroatoms. The molecule has 1 nitrogen and oxygen atoms in total. The summed E-state index contributed by atoms with van der Waals surface area (Å²) >= 11 is 0. The molecule has 0 aromatic rings. The second-order valence-electron chi connectivity index (χ2n) is 4.01. The van der Waals surface area contributed by atoms with Crippen LogP contribution in [-0.4, -0.2) is 12.6 Å². The van der Waals surface area contributed by atoms with Gasteiger partial charge in [0.15, 0.2) is 0 Å². The Bertz CT molecular complexity index is 207. The van der Waals surface area contributed by atoms with E-state index in [1.54, 1.807) is 0 Å². The third-order valence-corrected chi connectivity index (χ3v) is 3.31. The van der Waals surface area contributed by atoms with Crippen LogP contribution >= 0.6 is 0 Å². The Hall–Kier alpha value is -0.560. The molecule has 2 fully saturated rings. The largest absolute Gasteiger partial charge is 0.310 e. The zero-order valence-electron chi connectivity index (χ0n) is 7.55. The minimum Gasteiger partial charge on any atom is -0.310 e. The van der Waals surface area contributed by atoms with Crippen molar-refractivity contribution in [1.82, 2.24) is 5.32 Å². The van der Waals surface area contributed by atoms with Crippen LogP contribution in [0.25, 0.3) is 0 Å². The van der Waals surface area contributed by atoms with Gasteiger partial charge in [-0.25, -0.2) is 0 Å². The summed E-state index contributed by atoms with van der Waals surface area (Å²) in [5.74, 6) is 1.53. The lowest BCUT2D eigenvalue weighted by molar-refractivity contribution is 0.358. The molecule has 0 bridgehead atoms. The van der Waals surface area contributed by atoms with Crippen molar-refractivity contribution in [2.75, 3.05) is 6.54 Å². The maximum Gasteiger partial charge on any atom is 0.0316 e. The third kappa shape index (κ3) is 1.13. The molecule has 12 heavy (non-hydrogen) atoms. The van der Waals surface area contributed by atoms with E-state index in [9.17, 15) is 0 Å². The van der Waals surface area contributed by atoms with E-state index in [0.717, 1.165) is 5.92 Å². The van der Waals surface area contributed by atoms with Crippen LogP contribution in [-0.2, 0) is 0 Å². The van der Waals surface area contributed by atoms with E-state index in [0.29, 0.717) is 12.0 Å². The van der Waals surface area contributed by atoms with Crippen molar-refractivity contribution in [3.05, 3.63) is 24.8 Å². The quantitative estimate of drug-likeness (QED) is 0.584. The fraction of sp³-hybridized carbons (Fsp3) is 0.636. The predicted octanol–water partition coefficient (Wildman–Crippen LogP) is 2.12. The second-order valence-corrected chi connectivity index (χ2v) is 4.01. The minimum atomic E-state index is 0.503. The maximum absolute atomic E-state index is 4.17. The molecule has 1 N–H and O–H groups in total. The van der Waals surface area contributed by atoms with Crippen molar-refractivity contribution >= 4 is 0 Å². The fourth-order valence-electron chi connectivity index (χ4n) is 2.69. The summed E-state index contributed by atoms with van der Waals surface area (Å²) in [6.45, 7) is 9.20. The fourth-order valence-corrected chi connectivity index (χ4v) is 2.69. The van der Waals surface area contributed by atoms with Crippen molar-refractivity contribution in [1.29, 1.82) is 0 Å².